The van der Waals surface area contributed by atoms with Crippen molar-refractivity contribution in [3.8, 4) is 0 Å². The number of amides is 1. The Hall–Kier alpha value is -1.46. The Balaban J connectivity index is 2.34. The molecular formula is C16H32N4O2. The molecule has 1 rings (SSSR count). The molecule has 1 saturated carbocycles. The Morgan fingerprint density at radius 2 is 2.05 bits per heavy atom. The molecule has 0 bridgehead atoms. The van der Waals surface area contributed by atoms with Crippen molar-refractivity contribution >= 4 is 12.1 Å². The lowest BCUT2D eigenvalue weighted by molar-refractivity contribution is 0.0238. The van der Waals surface area contributed by atoms with Crippen LogP contribution >= 0.6 is 0 Å². The van der Waals surface area contributed by atoms with E-state index in [4.69, 9.17) is 10.5 Å². The Kier molecular flexibility index (Phi) is 6.97. The van der Waals surface area contributed by atoms with Crippen LogP contribution < -0.4 is 11.1 Å². The molecule has 0 radical (unpaired) electrons. The summed E-state index contributed by atoms with van der Waals surface area (Å²) in [6.07, 6.45) is 2.88. The van der Waals surface area contributed by atoms with Gasteiger partial charge in [0.15, 0.2) is 5.96 Å². The zero-order chi connectivity index (χ0) is 16.8. The van der Waals surface area contributed by atoms with Gasteiger partial charge in [0.2, 0.25) is 0 Å². The summed E-state index contributed by atoms with van der Waals surface area (Å²) in [4.78, 5) is 18.2. The van der Waals surface area contributed by atoms with Gasteiger partial charge in [-0.1, -0.05) is 13.8 Å². The van der Waals surface area contributed by atoms with Gasteiger partial charge in [-0.25, -0.2) is 4.79 Å². The average molecular weight is 312 g/mol. The number of hydrogen-bond acceptors (Lipinski definition) is 3. The summed E-state index contributed by atoms with van der Waals surface area (Å²) in [6.45, 7) is 11.9. The molecule has 1 aliphatic rings. The SMILES string of the molecule is CC(C)CCN=C(N)NCCN(C(=O)OC(C)(C)C)C1CC1. The number of carbonyl (C=O) groups excluding carboxylic acids is 1. The first-order valence-corrected chi connectivity index (χ1v) is 8.22. The molecule has 0 aromatic heterocycles. The highest BCUT2D eigenvalue weighted by atomic mass is 16.6. The van der Waals surface area contributed by atoms with Crippen LogP contribution in [0.15, 0.2) is 4.99 Å². The second-order valence-corrected chi connectivity index (χ2v) is 7.28. The summed E-state index contributed by atoms with van der Waals surface area (Å²) in [6, 6.07) is 0.316. The normalized spacial score (nSPS) is 15.8. The van der Waals surface area contributed by atoms with E-state index >= 15 is 0 Å². The van der Waals surface area contributed by atoms with Gasteiger partial charge in [-0.05, 0) is 46.0 Å². The van der Waals surface area contributed by atoms with Crippen LogP contribution in [0.3, 0.4) is 0 Å². The fraction of sp³-hybridized carbons (Fsp3) is 0.875. The number of nitrogens with two attached hydrogens (primary N) is 1. The molecule has 0 spiro atoms. The van der Waals surface area contributed by atoms with Crippen molar-refractivity contribution < 1.29 is 9.53 Å². The molecule has 0 aliphatic heterocycles. The second-order valence-electron chi connectivity index (χ2n) is 7.28. The molecule has 0 aromatic rings. The first-order valence-electron chi connectivity index (χ1n) is 8.22. The summed E-state index contributed by atoms with van der Waals surface area (Å²) >= 11 is 0. The van der Waals surface area contributed by atoms with Crippen LogP contribution in [0.1, 0.15) is 53.9 Å². The van der Waals surface area contributed by atoms with Crippen molar-refractivity contribution in [1.82, 2.24) is 10.2 Å². The number of hydrogen-bond donors (Lipinski definition) is 2. The molecule has 6 heteroatoms. The van der Waals surface area contributed by atoms with Crippen molar-refractivity contribution in [2.24, 2.45) is 16.6 Å². The van der Waals surface area contributed by atoms with Crippen molar-refractivity contribution in [3.05, 3.63) is 0 Å². The summed E-state index contributed by atoms with van der Waals surface area (Å²) < 4.78 is 5.45. The standard InChI is InChI=1S/C16H32N4O2/c1-12(2)8-9-18-14(17)19-10-11-20(13-6-7-13)15(21)22-16(3,4)5/h12-13H,6-11H2,1-5H3,(H3,17,18,19). The number of nitrogens with zero attached hydrogens (tertiary/aromatic N) is 2. The van der Waals surface area contributed by atoms with Crippen LogP contribution in [0.5, 0.6) is 0 Å². The summed E-state index contributed by atoms with van der Waals surface area (Å²) in [7, 11) is 0. The van der Waals surface area contributed by atoms with E-state index in [1.54, 1.807) is 4.90 Å². The van der Waals surface area contributed by atoms with Gasteiger partial charge in [0.05, 0.1) is 0 Å². The fourth-order valence-electron chi connectivity index (χ4n) is 1.93. The number of nitrogens with one attached hydrogen (secondary N) is 1. The van der Waals surface area contributed by atoms with Crippen LogP contribution in [0, 0.1) is 5.92 Å². The minimum atomic E-state index is -0.463. The lowest BCUT2D eigenvalue weighted by Crippen LogP contribution is -2.44. The molecule has 0 saturated heterocycles. The maximum Gasteiger partial charge on any atom is 0.410 e. The molecule has 0 aromatic carbocycles. The molecule has 0 atom stereocenters. The smallest absolute Gasteiger partial charge is 0.410 e. The second kappa shape index (κ2) is 8.25. The number of rotatable bonds is 7. The van der Waals surface area contributed by atoms with E-state index in [2.05, 4.69) is 24.2 Å². The van der Waals surface area contributed by atoms with Crippen LogP contribution in [-0.2, 0) is 4.74 Å². The van der Waals surface area contributed by atoms with E-state index in [1.807, 2.05) is 20.8 Å². The molecule has 1 amide bonds. The van der Waals surface area contributed by atoms with Crippen LogP contribution in [0.2, 0.25) is 0 Å². The van der Waals surface area contributed by atoms with Gasteiger partial charge in [-0.15, -0.1) is 0 Å². The maximum absolute atomic E-state index is 12.2. The lowest BCUT2D eigenvalue weighted by Gasteiger charge is -2.27. The Labute approximate surface area is 134 Å². The van der Waals surface area contributed by atoms with Crippen LogP contribution in [-0.4, -0.2) is 48.2 Å². The highest BCUT2D eigenvalue weighted by Crippen LogP contribution is 2.27. The third kappa shape index (κ3) is 8.10. The molecule has 0 unspecified atom stereocenters. The van der Waals surface area contributed by atoms with Crippen LogP contribution in [0.4, 0.5) is 4.79 Å². The van der Waals surface area contributed by atoms with Crippen molar-refractivity contribution in [2.75, 3.05) is 19.6 Å². The number of aliphatic imine (C=N–C) groups is 1. The zero-order valence-corrected chi connectivity index (χ0v) is 14.7. The molecule has 22 heavy (non-hydrogen) atoms. The predicted octanol–water partition coefficient (Wildman–Crippen LogP) is 2.34. The molecule has 6 nitrogen and oxygen atoms in total. The largest absolute Gasteiger partial charge is 0.444 e. The number of guanidine groups is 1. The maximum atomic E-state index is 12.2. The summed E-state index contributed by atoms with van der Waals surface area (Å²) in [5.74, 6) is 1.06. The van der Waals surface area contributed by atoms with Gasteiger partial charge in [-0.3, -0.25) is 4.99 Å². The molecule has 128 valence electrons. The molecular weight excluding hydrogens is 280 g/mol. The van der Waals surface area contributed by atoms with Gasteiger partial charge in [0, 0.05) is 25.7 Å². The van der Waals surface area contributed by atoms with Crippen LogP contribution in [0.25, 0.3) is 0 Å². The first kappa shape index (κ1) is 18.6. The molecule has 1 aliphatic carbocycles. The van der Waals surface area contributed by atoms with E-state index in [0.29, 0.717) is 31.0 Å². The highest BCUT2D eigenvalue weighted by Gasteiger charge is 2.34. The Morgan fingerprint density at radius 3 is 2.55 bits per heavy atom. The van der Waals surface area contributed by atoms with Crippen molar-refractivity contribution in [2.45, 2.75) is 65.5 Å². The summed E-state index contributed by atoms with van der Waals surface area (Å²) in [5, 5.41) is 3.07. The Bertz CT molecular complexity index is 384. The third-order valence-corrected chi connectivity index (χ3v) is 3.26. The number of carbonyl (C=O) groups is 1. The van der Waals surface area contributed by atoms with Gasteiger partial charge in [0.1, 0.15) is 5.60 Å². The predicted molar refractivity (Wildman–Crippen MR) is 89.9 cm³/mol. The Morgan fingerprint density at radius 1 is 1.41 bits per heavy atom. The fourth-order valence-corrected chi connectivity index (χ4v) is 1.93. The van der Waals surface area contributed by atoms with E-state index in [1.165, 1.54) is 0 Å². The van der Waals surface area contributed by atoms with E-state index in [-0.39, 0.29) is 6.09 Å². The number of ether oxygens (including phenoxy) is 1. The van der Waals surface area contributed by atoms with Gasteiger partial charge >= 0.3 is 6.09 Å². The minimum Gasteiger partial charge on any atom is -0.444 e. The van der Waals surface area contributed by atoms with E-state index in [9.17, 15) is 4.79 Å². The molecule has 3 N–H and O–H groups in total. The summed E-state index contributed by atoms with van der Waals surface area (Å²) in [5.41, 5.74) is 5.36. The highest BCUT2D eigenvalue weighted by molar-refractivity contribution is 5.77. The third-order valence-electron chi connectivity index (χ3n) is 3.26. The minimum absolute atomic E-state index is 0.243. The van der Waals surface area contributed by atoms with Gasteiger partial charge < -0.3 is 20.7 Å². The average Bonchev–Trinajstić information content (AvgIpc) is 3.15. The van der Waals surface area contributed by atoms with Gasteiger partial charge in [-0.2, -0.15) is 0 Å². The topological polar surface area (TPSA) is 80.0 Å². The lowest BCUT2D eigenvalue weighted by atomic mass is 10.1. The molecule has 0 heterocycles. The quantitative estimate of drug-likeness (QED) is 0.558. The zero-order valence-electron chi connectivity index (χ0n) is 14.7. The van der Waals surface area contributed by atoms with Crippen molar-refractivity contribution in [3.63, 3.8) is 0 Å². The van der Waals surface area contributed by atoms with E-state index < -0.39 is 5.60 Å². The monoisotopic (exact) mass is 312 g/mol. The van der Waals surface area contributed by atoms with E-state index in [0.717, 1.165) is 25.8 Å². The molecule has 1 fully saturated rings. The van der Waals surface area contributed by atoms with Gasteiger partial charge in [0.25, 0.3) is 0 Å². The van der Waals surface area contributed by atoms with Crippen molar-refractivity contribution in [1.29, 1.82) is 0 Å². The first-order chi connectivity index (χ1) is 10.2.